The maximum Gasteiger partial charge on any atom is 0.223 e. The first-order valence-corrected chi connectivity index (χ1v) is 8.80. The highest BCUT2D eigenvalue weighted by molar-refractivity contribution is 5.80. The third-order valence-corrected chi connectivity index (χ3v) is 5.46. The fourth-order valence-electron chi connectivity index (χ4n) is 3.95. The molecule has 23 heavy (non-hydrogen) atoms. The number of likely N-dealkylation sites (tertiary alicyclic amines) is 1. The van der Waals surface area contributed by atoms with Gasteiger partial charge >= 0.3 is 0 Å². The molecule has 2 aliphatic heterocycles. The second-order valence-electron chi connectivity index (χ2n) is 7.19. The topological polar surface area (TPSA) is 54.5 Å². The van der Waals surface area contributed by atoms with Crippen LogP contribution < -0.4 is 5.32 Å². The monoisotopic (exact) mass is 315 g/mol. The van der Waals surface area contributed by atoms with Gasteiger partial charge in [0.15, 0.2) is 0 Å². The Hall–Kier alpha value is -1.46. The molecule has 1 N–H and O–H groups in total. The van der Waals surface area contributed by atoms with Crippen molar-refractivity contribution in [1.29, 1.82) is 0 Å². The van der Waals surface area contributed by atoms with Crippen LogP contribution in [0.2, 0.25) is 0 Å². The lowest BCUT2D eigenvalue weighted by Crippen LogP contribution is -2.43. The number of hydrogen-bond acceptors (Lipinski definition) is 4. The van der Waals surface area contributed by atoms with Gasteiger partial charge < -0.3 is 10.1 Å². The Balaban J connectivity index is 1.27. The lowest BCUT2D eigenvalue weighted by molar-refractivity contribution is -0.122. The van der Waals surface area contributed by atoms with E-state index in [2.05, 4.69) is 27.3 Å². The minimum Gasteiger partial charge on any atom is -0.376 e. The molecule has 0 radical (unpaired) electrons. The quantitative estimate of drug-likeness (QED) is 0.893. The fraction of sp³-hybridized carbons (Fsp3) is 0.667. The molecule has 3 heterocycles. The van der Waals surface area contributed by atoms with E-state index in [4.69, 9.17) is 4.74 Å². The minimum absolute atomic E-state index is 0.214. The maximum absolute atomic E-state index is 11.8. The van der Waals surface area contributed by atoms with Gasteiger partial charge in [-0.2, -0.15) is 0 Å². The van der Waals surface area contributed by atoms with Crippen molar-refractivity contribution in [2.75, 3.05) is 26.2 Å². The third kappa shape index (κ3) is 3.56. The summed E-state index contributed by atoms with van der Waals surface area (Å²) in [5.74, 6) is 1.72. The number of fused-ring (bicyclic) bond motifs is 1. The molecular formula is C18H25N3O2. The predicted octanol–water partition coefficient (Wildman–Crippen LogP) is 1.44. The summed E-state index contributed by atoms with van der Waals surface area (Å²) in [5, 5.41) is 3.09. The maximum atomic E-state index is 11.8. The van der Waals surface area contributed by atoms with Crippen molar-refractivity contribution in [2.45, 2.75) is 31.9 Å². The summed E-state index contributed by atoms with van der Waals surface area (Å²) in [6, 6.07) is 4.18. The van der Waals surface area contributed by atoms with E-state index in [0.717, 1.165) is 39.1 Å². The highest BCUT2D eigenvalue weighted by Gasteiger charge is 2.41. The van der Waals surface area contributed by atoms with Gasteiger partial charge in [-0.1, -0.05) is 0 Å². The first kappa shape index (κ1) is 15.1. The molecular weight excluding hydrogens is 290 g/mol. The number of rotatable bonds is 5. The summed E-state index contributed by atoms with van der Waals surface area (Å²) in [7, 11) is 0. The second-order valence-corrected chi connectivity index (χ2v) is 7.19. The van der Waals surface area contributed by atoms with Crippen LogP contribution in [0.15, 0.2) is 24.5 Å². The first-order valence-electron chi connectivity index (χ1n) is 8.80. The zero-order chi connectivity index (χ0) is 15.6. The summed E-state index contributed by atoms with van der Waals surface area (Å²) >= 11 is 0. The predicted molar refractivity (Wildman–Crippen MR) is 86.6 cm³/mol. The number of ether oxygens (including phenoxy) is 1. The molecule has 4 rings (SSSR count). The van der Waals surface area contributed by atoms with Gasteiger partial charge in [0, 0.05) is 43.9 Å². The van der Waals surface area contributed by atoms with E-state index in [0.29, 0.717) is 18.4 Å². The van der Waals surface area contributed by atoms with Crippen LogP contribution in [0.1, 0.15) is 24.8 Å². The Morgan fingerprint density at radius 3 is 2.91 bits per heavy atom. The van der Waals surface area contributed by atoms with Crippen molar-refractivity contribution in [2.24, 2.45) is 17.8 Å². The van der Waals surface area contributed by atoms with Crippen molar-refractivity contribution < 1.29 is 9.53 Å². The average molecular weight is 315 g/mol. The minimum atomic E-state index is 0.214. The Morgan fingerprint density at radius 2 is 2.13 bits per heavy atom. The number of amides is 1. The van der Waals surface area contributed by atoms with Crippen LogP contribution in [0, 0.1) is 17.8 Å². The molecule has 0 spiro atoms. The van der Waals surface area contributed by atoms with Crippen LogP contribution in [-0.2, 0) is 16.1 Å². The SMILES string of the molecule is O=C(NC[C@@H]1OC[C@@H]2CN(Cc3ccncc3)CC[C@@H]21)C1CC1. The largest absolute Gasteiger partial charge is 0.376 e. The van der Waals surface area contributed by atoms with E-state index in [1.54, 1.807) is 0 Å². The smallest absolute Gasteiger partial charge is 0.223 e. The van der Waals surface area contributed by atoms with Gasteiger partial charge in [0.1, 0.15) is 0 Å². The number of aromatic nitrogens is 1. The number of nitrogens with one attached hydrogen (secondary N) is 1. The van der Waals surface area contributed by atoms with E-state index in [9.17, 15) is 4.79 Å². The molecule has 5 heteroatoms. The van der Waals surface area contributed by atoms with Crippen LogP contribution in [0.4, 0.5) is 0 Å². The third-order valence-electron chi connectivity index (χ3n) is 5.46. The second kappa shape index (κ2) is 6.57. The molecule has 3 atom stereocenters. The first-order chi connectivity index (χ1) is 11.3. The van der Waals surface area contributed by atoms with Crippen molar-refractivity contribution in [3.05, 3.63) is 30.1 Å². The zero-order valence-corrected chi connectivity index (χ0v) is 13.5. The van der Waals surface area contributed by atoms with Crippen LogP contribution in [-0.4, -0.2) is 48.1 Å². The van der Waals surface area contributed by atoms with Crippen LogP contribution in [0.3, 0.4) is 0 Å². The Kier molecular flexibility index (Phi) is 4.31. The lowest BCUT2D eigenvalue weighted by Gasteiger charge is -2.35. The highest BCUT2D eigenvalue weighted by atomic mass is 16.5. The van der Waals surface area contributed by atoms with Crippen molar-refractivity contribution >= 4 is 5.91 Å². The van der Waals surface area contributed by atoms with Gasteiger partial charge in [-0.3, -0.25) is 14.7 Å². The molecule has 1 amide bonds. The van der Waals surface area contributed by atoms with Crippen molar-refractivity contribution in [1.82, 2.24) is 15.2 Å². The van der Waals surface area contributed by atoms with E-state index in [-0.39, 0.29) is 17.9 Å². The summed E-state index contributed by atoms with van der Waals surface area (Å²) < 4.78 is 6.00. The molecule has 3 fully saturated rings. The summed E-state index contributed by atoms with van der Waals surface area (Å²) in [6.45, 7) is 4.73. The number of carbonyl (C=O) groups is 1. The number of pyridine rings is 1. The fourth-order valence-corrected chi connectivity index (χ4v) is 3.95. The van der Waals surface area contributed by atoms with Gasteiger partial charge in [0.05, 0.1) is 12.7 Å². The van der Waals surface area contributed by atoms with E-state index in [1.165, 1.54) is 12.0 Å². The van der Waals surface area contributed by atoms with Gasteiger partial charge in [-0.15, -0.1) is 0 Å². The zero-order valence-electron chi connectivity index (χ0n) is 13.5. The van der Waals surface area contributed by atoms with Crippen LogP contribution in [0.5, 0.6) is 0 Å². The summed E-state index contributed by atoms with van der Waals surface area (Å²) in [4.78, 5) is 18.4. The lowest BCUT2D eigenvalue weighted by atomic mass is 9.84. The molecule has 3 aliphatic rings. The standard InChI is InChI=1S/C18H25N3O2/c22-18(14-1-2-14)20-9-17-16-5-8-21(11-15(16)12-23-17)10-13-3-6-19-7-4-13/h3-4,6-7,14-17H,1-2,5,8-12H2,(H,20,22)/t15-,16-,17-/m0/s1. The van der Waals surface area contributed by atoms with Gasteiger partial charge in [-0.25, -0.2) is 0 Å². The molecule has 1 aliphatic carbocycles. The Morgan fingerprint density at radius 1 is 1.30 bits per heavy atom. The highest BCUT2D eigenvalue weighted by Crippen LogP contribution is 2.35. The van der Waals surface area contributed by atoms with Crippen LogP contribution in [0.25, 0.3) is 0 Å². The molecule has 124 valence electrons. The van der Waals surface area contributed by atoms with Crippen molar-refractivity contribution in [3.63, 3.8) is 0 Å². The number of carbonyl (C=O) groups excluding carboxylic acids is 1. The van der Waals surface area contributed by atoms with Crippen LogP contribution >= 0.6 is 0 Å². The molecule has 2 saturated heterocycles. The summed E-state index contributed by atoms with van der Waals surface area (Å²) in [5.41, 5.74) is 1.32. The number of piperidine rings is 1. The summed E-state index contributed by atoms with van der Waals surface area (Å²) in [6.07, 6.45) is 7.23. The van der Waals surface area contributed by atoms with Gasteiger partial charge in [0.25, 0.3) is 0 Å². The van der Waals surface area contributed by atoms with E-state index in [1.807, 2.05) is 12.4 Å². The molecule has 0 aromatic carbocycles. The molecule has 1 aromatic heterocycles. The van der Waals surface area contributed by atoms with Crippen molar-refractivity contribution in [3.8, 4) is 0 Å². The number of nitrogens with zero attached hydrogens (tertiary/aromatic N) is 2. The molecule has 0 bridgehead atoms. The molecule has 5 nitrogen and oxygen atoms in total. The van der Waals surface area contributed by atoms with E-state index < -0.39 is 0 Å². The normalized spacial score (nSPS) is 30.9. The molecule has 1 saturated carbocycles. The molecule has 0 unspecified atom stereocenters. The average Bonchev–Trinajstić information content (AvgIpc) is 3.35. The van der Waals surface area contributed by atoms with Gasteiger partial charge in [-0.05, 0) is 49.4 Å². The van der Waals surface area contributed by atoms with E-state index >= 15 is 0 Å². The van der Waals surface area contributed by atoms with Gasteiger partial charge in [0.2, 0.25) is 5.91 Å². The molecule has 1 aromatic rings. The number of hydrogen-bond donors (Lipinski definition) is 1. The Labute approximate surface area is 137 Å². The Bertz CT molecular complexity index is 546.